The van der Waals surface area contributed by atoms with E-state index < -0.39 is 0 Å². The van der Waals surface area contributed by atoms with Gasteiger partial charge in [-0.15, -0.1) is 5.10 Å². The zero-order chi connectivity index (χ0) is 13.5. The molecule has 0 N–H and O–H groups in total. The third-order valence-electron chi connectivity index (χ3n) is 3.15. The lowest BCUT2D eigenvalue weighted by Gasteiger charge is -2.06. The van der Waals surface area contributed by atoms with Gasteiger partial charge in [-0.2, -0.15) is 4.52 Å². The lowest BCUT2D eigenvalue weighted by Crippen LogP contribution is -1.99. The molecular weight excluding hydrogens is 274 g/mol. The Morgan fingerprint density at radius 3 is 2.65 bits per heavy atom. The van der Waals surface area contributed by atoms with Crippen LogP contribution in [0.25, 0.3) is 27.9 Å². The number of aromatic nitrogens is 5. The number of fused-ring (bicyclic) bond motifs is 3. The van der Waals surface area contributed by atoms with Crippen molar-refractivity contribution >= 4 is 28.2 Å². The van der Waals surface area contributed by atoms with Gasteiger partial charge >= 0.3 is 0 Å². The van der Waals surface area contributed by atoms with E-state index in [2.05, 4.69) is 20.5 Å². The van der Waals surface area contributed by atoms with Crippen molar-refractivity contribution < 1.29 is 0 Å². The number of halogens is 1. The van der Waals surface area contributed by atoms with Crippen LogP contribution in [0.3, 0.4) is 0 Å². The van der Waals surface area contributed by atoms with Gasteiger partial charge in [-0.1, -0.05) is 48.0 Å². The Morgan fingerprint density at radius 2 is 1.80 bits per heavy atom. The number of hydrogen-bond donors (Lipinski definition) is 0. The molecule has 2 aromatic heterocycles. The van der Waals surface area contributed by atoms with Gasteiger partial charge < -0.3 is 0 Å². The van der Waals surface area contributed by atoms with Crippen LogP contribution in [-0.4, -0.2) is 25.0 Å². The fraction of sp³-hybridized carbons (Fsp3) is 0. The minimum absolute atomic E-state index is 0.588. The van der Waals surface area contributed by atoms with Crippen LogP contribution in [0.4, 0.5) is 0 Å². The molecule has 0 aliphatic rings. The third-order valence-corrected chi connectivity index (χ3v) is 3.45. The molecule has 2 aromatic carbocycles. The van der Waals surface area contributed by atoms with E-state index in [9.17, 15) is 0 Å². The summed E-state index contributed by atoms with van der Waals surface area (Å²) in [5.41, 5.74) is 2.29. The van der Waals surface area contributed by atoms with Gasteiger partial charge in [0.1, 0.15) is 0 Å². The first-order valence-electron chi connectivity index (χ1n) is 6.06. The molecule has 0 saturated carbocycles. The van der Waals surface area contributed by atoms with Crippen molar-refractivity contribution in [3.8, 4) is 11.4 Å². The number of para-hydroxylation sites is 1. The summed E-state index contributed by atoms with van der Waals surface area (Å²) in [5, 5.41) is 13.3. The van der Waals surface area contributed by atoms with E-state index in [-0.39, 0.29) is 0 Å². The van der Waals surface area contributed by atoms with Crippen LogP contribution >= 0.6 is 11.6 Å². The van der Waals surface area contributed by atoms with Gasteiger partial charge in [0.25, 0.3) is 0 Å². The summed E-state index contributed by atoms with van der Waals surface area (Å²) in [6, 6.07) is 15.4. The predicted octanol–water partition coefficient (Wildman–Crippen LogP) is 2.99. The minimum atomic E-state index is 0.588. The Balaban J connectivity index is 2.19. The quantitative estimate of drug-likeness (QED) is 0.538. The molecule has 0 aliphatic heterocycles. The van der Waals surface area contributed by atoms with Gasteiger partial charge in [0.05, 0.1) is 10.5 Å². The van der Waals surface area contributed by atoms with E-state index in [1.54, 1.807) is 4.52 Å². The topological polar surface area (TPSA) is 56.0 Å². The van der Waals surface area contributed by atoms with Crippen molar-refractivity contribution in [2.45, 2.75) is 0 Å². The smallest absolute Gasteiger partial charge is 0.191 e. The van der Waals surface area contributed by atoms with Crippen molar-refractivity contribution in [1.29, 1.82) is 0 Å². The number of hydrogen-bond acceptors (Lipinski definition) is 4. The SMILES string of the molecule is Clc1cccc2c1nc(-c1ccccc1)n1nnnc21. The number of rotatable bonds is 1. The molecule has 0 bridgehead atoms. The average Bonchev–Trinajstić information content (AvgIpc) is 2.97. The molecule has 2 heterocycles. The zero-order valence-electron chi connectivity index (χ0n) is 10.2. The second-order valence-electron chi connectivity index (χ2n) is 4.35. The molecule has 5 nitrogen and oxygen atoms in total. The molecule has 0 fully saturated rings. The van der Waals surface area contributed by atoms with E-state index in [1.165, 1.54) is 0 Å². The highest BCUT2D eigenvalue weighted by atomic mass is 35.5. The molecule has 0 radical (unpaired) electrons. The maximum Gasteiger partial charge on any atom is 0.191 e. The molecule has 96 valence electrons. The van der Waals surface area contributed by atoms with E-state index in [0.29, 0.717) is 22.0 Å². The third kappa shape index (κ3) is 1.57. The maximum atomic E-state index is 6.24. The summed E-state index contributed by atoms with van der Waals surface area (Å²) >= 11 is 6.24. The molecule has 0 spiro atoms. The van der Waals surface area contributed by atoms with Crippen LogP contribution in [0.1, 0.15) is 0 Å². The summed E-state index contributed by atoms with van der Waals surface area (Å²) in [6.07, 6.45) is 0. The van der Waals surface area contributed by atoms with Crippen LogP contribution < -0.4 is 0 Å². The normalized spacial score (nSPS) is 11.2. The summed E-state index contributed by atoms with van der Waals surface area (Å²) in [4.78, 5) is 4.63. The highest BCUT2D eigenvalue weighted by molar-refractivity contribution is 6.35. The number of benzene rings is 2. The number of tetrazole rings is 1. The average molecular weight is 282 g/mol. The van der Waals surface area contributed by atoms with Gasteiger partial charge in [0.15, 0.2) is 11.5 Å². The molecule has 0 aliphatic carbocycles. The standard InChI is InChI=1S/C14H8ClN5/c15-11-8-4-7-10-12(11)16-13(9-5-2-1-3-6-9)20-14(10)17-18-19-20/h1-8H. The first-order chi connectivity index (χ1) is 9.84. The lowest BCUT2D eigenvalue weighted by atomic mass is 10.2. The van der Waals surface area contributed by atoms with E-state index in [0.717, 1.165) is 10.9 Å². The van der Waals surface area contributed by atoms with Crippen molar-refractivity contribution in [2.24, 2.45) is 0 Å². The Morgan fingerprint density at radius 1 is 0.950 bits per heavy atom. The van der Waals surface area contributed by atoms with Crippen molar-refractivity contribution in [2.75, 3.05) is 0 Å². The molecule has 0 amide bonds. The Bertz CT molecular complexity index is 917. The molecule has 6 heteroatoms. The van der Waals surface area contributed by atoms with Crippen LogP contribution in [0.5, 0.6) is 0 Å². The van der Waals surface area contributed by atoms with E-state index in [1.807, 2.05) is 48.5 Å². The second kappa shape index (κ2) is 4.25. The highest BCUT2D eigenvalue weighted by Gasteiger charge is 2.14. The van der Waals surface area contributed by atoms with Crippen LogP contribution in [-0.2, 0) is 0 Å². The van der Waals surface area contributed by atoms with Crippen molar-refractivity contribution in [3.63, 3.8) is 0 Å². The first kappa shape index (κ1) is 11.3. The fourth-order valence-electron chi connectivity index (χ4n) is 2.23. The second-order valence-corrected chi connectivity index (χ2v) is 4.76. The van der Waals surface area contributed by atoms with Crippen molar-refractivity contribution in [1.82, 2.24) is 25.0 Å². The molecule has 0 unspecified atom stereocenters. The first-order valence-corrected chi connectivity index (χ1v) is 6.44. The molecule has 20 heavy (non-hydrogen) atoms. The lowest BCUT2D eigenvalue weighted by molar-refractivity contribution is 0.819. The summed E-state index contributed by atoms with van der Waals surface area (Å²) < 4.78 is 1.63. The van der Waals surface area contributed by atoms with Crippen LogP contribution in [0.2, 0.25) is 5.02 Å². The van der Waals surface area contributed by atoms with Gasteiger partial charge in [-0.25, -0.2) is 4.98 Å². The Hall–Kier alpha value is -2.53. The van der Waals surface area contributed by atoms with Gasteiger partial charge in [-0.05, 0) is 22.6 Å². The predicted molar refractivity (Wildman–Crippen MR) is 76.5 cm³/mol. The largest absolute Gasteiger partial charge is 0.226 e. The summed E-state index contributed by atoms with van der Waals surface area (Å²) in [7, 11) is 0. The molecule has 4 aromatic rings. The fourth-order valence-corrected chi connectivity index (χ4v) is 2.45. The van der Waals surface area contributed by atoms with Gasteiger partial charge in [0.2, 0.25) is 0 Å². The van der Waals surface area contributed by atoms with E-state index in [4.69, 9.17) is 11.6 Å². The van der Waals surface area contributed by atoms with E-state index >= 15 is 0 Å². The minimum Gasteiger partial charge on any atom is -0.226 e. The van der Waals surface area contributed by atoms with Gasteiger partial charge in [-0.3, -0.25) is 0 Å². The Kier molecular flexibility index (Phi) is 2.40. The van der Waals surface area contributed by atoms with Gasteiger partial charge in [0, 0.05) is 10.9 Å². The maximum absolute atomic E-state index is 6.24. The summed E-state index contributed by atoms with van der Waals surface area (Å²) in [5.74, 6) is 0.672. The van der Waals surface area contributed by atoms with Crippen LogP contribution in [0.15, 0.2) is 48.5 Å². The summed E-state index contributed by atoms with van der Waals surface area (Å²) in [6.45, 7) is 0. The van der Waals surface area contributed by atoms with Crippen LogP contribution in [0, 0.1) is 0 Å². The molecular formula is C14H8ClN5. The zero-order valence-corrected chi connectivity index (χ0v) is 11.0. The Labute approximate surface area is 118 Å². The van der Waals surface area contributed by atoms with Crippen molar-refractivity contribution in [3.05, 3.63) is 53.6 Å². The highest BCUT2D eigenvalue weighted by Crippen LogP contribution is 2.27. The molecule has 0 saturated heterocycles. The molecule has 0 atom stereocenters. The molecule has 4 rings (SSSR count). The monoisotopic (exact) mass is 281 g/mol. The number of nitrogens with zero attached hydrogens (tertiary/aromatic N) is 5.